The van der Waals surface area contributed by atoms with Gasteiger partial charge in [-0.1, -0.05) is 30.1 Å². The van der Waals surface area contributed by atoms with Crippen LogP contribution in [0.15, 0.2) is 47.4 Å². The molecule has 2 N–H and O–H groups in total. The van der Waals surface area contributed by atoms with Crippen molar-refractivity contribution in [3.05, 3.63) is 58.1 Å². The van der Waals surface area contributed by atoms with Crippen LogP contribution in [0.3, 0.4) is 0 Å². The summed E-state index contributed by atoms with van der Waals surface area (Å²) in [6.07, 6.45) is 0.624. The molecule has 0 bridgehead atoms. The maximum Gasteiger partial charge on any atom is 0.337 e. The van der Waals surface area contributed by atoms with Crippen molar-refractivity contribution in [1.29, 1.82) is 0 Å². The van der Waals surface area contributed by atoms with E-state index < -0.39 is 5.97 Å². The lowest BCUT2D eigenvalue weighted by atomic mass is 10.2. The van der Waals surface area contributed by atoms with Gasteiger partial charge in [-0.25, -0.2) is 4.79 Å². The molecule has 0 spiro atoms. The topological polar surface area (TPSA) is 66.4 Å². The molecule has 0 aliphatic rings. The van der Waals surface area contributed by atoms with E-state index in [-0.39, 0.29) is 21.7 Å². The zero-order valence-corrected chi connectivity index (χ0v) is 15.1. The molecule has 1 amide bonds. The molecule has 0 saturated heterocycles. The highest BCUT2D eigenvalue weighted by Crippen LogP contribution is 2.28. The van der Waals surface area contributed by atoms with Crippen molar-refractivity contribution in [3.8, 4) is 0 Å². The lowest BCUT2D eigenvalue weighted by molar-refractivity contribution is -0.115. The van der Waals surface area contributed by atoms with Gasteiger partial charge in [0.1, 0.15) is 0 Å². The van der Waals surface area contributed by atoms with Crippen LogP contribution in [-0.4, -0.2) is 22.2 Å². The Bertz CT molecular complexity index is 750. The Morgan fingerprint density at radius 1 is 1.17 bits per heavy atom. The van der Waals surface area contributed by atoms with Crippen molar-refractivity contribution in [2.75, 3.05) is 5.32 Å². The molecule has 126 valence electrons. The monoisotopic (exact) mass is 383 g/mol. The average Bonchev–Trinajstić information content (AvgIpc) is 2.55. The summed E-state index contributed by atoms with van der Waals surface area (Å²) < 4.78 is 0. The van der Waals surface area contributed by atoms with Crippen molar-refractivity contribution in [2.24, 2.45) is 0 Å². The quantitative estimate of drug-likeness (QED) is 0.672. The van der Waals surface area contributed by atoms with E-state index in [0.29, 0.717) is 17.1 Å². The highest BCUT2D eigenvalue weighted by molar-refractivity contribution is 8.00. The van der Waals surface area contributed by atoms with Crippen molar-refractivity contribution < 1.29 is 14.7 Å². The Labute approximate surface area is 154 Å². The van der Waals surface area contributed by atoms with Crippen LogP contribution in [0.5, 0.6) is 0 Å². The number of halogens is 2. The highest BCUT2D eigenvalue weighted by atomic mass is 35.5. The lowest BCUT2D eigenvalue weighted by Crippen LogP contribution is -2.24. The van der Waals surface area contributed by atoms with Gasteiger partial charge in [0, 0.05) is 15.6 Å². The molecule has 0 aliphatic carbocycles. The van der Waals surface area contributed by atoms with Gasteiger partial charge in [0.05, 0.1) is 15.8 Å². The number of rotatable bonds is 6. The summed E-state index contributed by atoms with van der Waals surface area (Å²) in [6.45, 7) is 1.91. The third-order valence-corrected chi connectivity index (χ3v) is 5.18. The number of carboxylic acid groups (broad SMARTS) is 1. The van der Waals surface area contributed by atoms with Gasteiger partial charge in [0.25, 0.3) is 0 Å². The summed E-state index contributed by atoms with van der Waals surface area (Å²) in [5.74, 6) is -1.34. The molecule has 4 nitrogen and oxygen atoms in total. The maximum absolute atomic E-state index is 12.4. The number of thioether (sulfide) groups is 1. The molecule has 2 aromatic carbocycles. The first kappa shape index (κ1) is 18.6. The van der Waals surface area contributed by atoms with Crippen molar-refractivity contribution >= 4 is 52.5 Å². The van der Waals surface area contributed by atoms with Gasteiger partial charge in [-0.2, -0.15) is 0 Å². The van der Waals surface area contributed by atoms with E-state index in [2.05, 4.69) is 5.32 Å². The normalized spacial score (nSPS) is 11.8. The fraction of sp³-hybridized carbons (Fsp3) is 0.176. The number of amides is 1. The van der Waals surface area contributed by atoms with E-state index in [9.17, 15) is 9.59 Å². The standard InChI is InChI=1S/C17H15Cl2NO3S/c1-2-15(24-12-6-3-10(18)4-7-12)16(21)20-11-5-8-14(19)13(9-11)17(22)23/h3-9,15H,2H2,1H3,(H,20,21)(H,22,23). The minimum atomic E-state index is -1.14. The van der Waals surface area contributed by atoms with Crippen LogP contribution in [0.4, 0.5) is 5.69 Å². The number of aromatic carboxylic acids is 1. The zero-order chi connectivity index (χ0) is 17.7. The van der Waals surface area contributed by atoms with E-state index in [1.54, 1.807) is 18.2 Å². The lowest BCUT2D eigenvalue weighted by Gasteiger charge is -2.15. The van der Waals surface area contributed by atoms with Crippen molar-refractivity contribution in [3.63, 3.8) is 0 Å². The number of hydrogen-bond acceptors (Lipinski definition) is 3. The third kappa shape index (κ3) is 4.90. The van der Waals surface area contributed by atoms with E-state index >= 15 is 0 Å². The largest absolute Gasteiger partial charge is 0.478 e. The summed E-state index contributed by atoms with van der Waals surface area (Å²) in [6, 6.07) is 11.6. The molecule has 0 saturated carbocycles. The Hall–Kier alpha value is -1.69. The van der Waals surface area contributed by atoms with E-state index in [1.165, 1.54) is 23.9 Å². The minimum Gasteiger partial charge on any atom is -0.478 e. The molecular formula is C17H15Cl2NO3S. The van der Waals surface area contributed by atoms with Crippen molar-refractivity contribution in [2.45, 2.75) is 23.5 Å². The van der Waals surface area contributed by atoms with E-state index in [1.807, 2.05) is 19.1 Å². The van der Waals surface area contributed by atoms with Crippen LogP contribution in [0, 0.1) is 0 Å². The Morgan fingerprint density at radius 3 is 2.42 bits per heavy atom. The number of hydrogen-bond donors (Lipinski definition) is 2. The zero-order valence-electron chi connectivity index (χ0n) is 12.8. The maximum atomic E-state index is 12.4. The second-order valence-corrected chi connectivity index (χ2v) is 7.08. The van der Waals surface area contributed by atoms with Crippen LogP contribution in [0.1, 0.15) is 23.7 Å². The Kier molecular flexibility index (Phi) is 6.54. The fourth-order valence-corrected chi connectivity index (χ4v) is 3.27. The first-order chi connectivity index (χ1) is 11.4. The molecule has 1 unspecified atom stereocenters. The second-order valence-electron chi connectivity index (χ2n) is 4.96. The average molecular weight is 384 g/mol. The molecular weight excluding hydrogens is 369 g/mol. The van der Waals surface area contributed by atoms with Gasteiger partial charge in [-0.15, -0.1) is 11.8 Å². The van der Waals surface area contributed by atoms with Crippen LogP contribution in [0.2, 0.25) is 10.0 Å². The first-order valence-corrected chi connectivity index (χ1v) is 8.80. The van der Waals surface area contributed by atoms with Gasteiger partial charge < -0.3 is 10.4 Å². The number of benzene rings is 2. The van der Waals surface area contributed by atoms with E-state index in [4.69, 9.17) is 28.3 Å². The number of carboxylic acids is 1. The predicted molar refractivity (Wildman–Crippen MR) is 98.4 cm³/mol. The second kappa shape index (κ2) is 8.42. The molecule has 0 aliphatic heterocycles. The summed E-state index contributed by atoms with van der Waals surface area (Å²) in [7, 11) is 0. The van der Waals surface area contributed by atoms with Crippen LogP contribution < -0.4 is 5.32 Å². The molecule has 0 radical (unpaired) electrons. The fourth-order valence-electron chi connectivity index (χ4n) is 1.99. The van der Waals surface area contributed by atoms with Gasteiger partial charge in [0.2, 0.25) is 5.91 Å². The summed E-state index contributed by atoms with van der Waals surface area (Å²) >= 11 is 13.1. The third-order valence-electron chi connectivity index (χ3n) is 3.22. The number of anilines is 1. The molecule has 2 rings (SSSR count). The summed E-state index contributed by atoms with van der Waals surface area (Å²) in [5.41, 5.74) is 0.352. The highest BCUT2D eigenvalue weighted by Gasteiger charge is 2.19. The molecule has 0 heterocycles. The van der Waals surface area contributed by atoms with E-state index in [0.717, 1.165) is 4.90 Å². The van der Waals surface area contributed by atoms with Gasteiger partial charge in [-0.05, 0) is 48.9 Å². The predicted octanol–water partition coefficient (Wildman–Crippen LogP) is 5.20. The molecule has 7 heteroatoms. The molecule has 2 aromatic rings. The van der Waals surface area contributed by atoms with Crippen LogP contribution >= 0.6 is 35.0 Å². The Morgan fingerprint density at radius 2 is 1.83 bits per heavy atom. The van der Waals surface area contributed by atoms with Gasteiger partial charge in [0.15, 0.2) is 0 Å². The molecule has 0 fully saturated rings. The summed E-state index contributed by atoms with van der Waals surface area (Å²) in [4.78, 5) is 24.5. The molecule has 1 atom stereocenters. The minimum absolute atomic E-state index is 0.0483. The van der Waals surface area contributed by atoms with Crippen LogP contribution in [-0.2, 0) is 4.79 Å². The smallest absolute Gasteiger partial charge is 0.337 e. The number of carbonyl (C=O) groups excluding carboxylic acids is 1. The van der Waals surface area contributed by atoms with Crippen molar-refractivity contribution in [1.82, 2.24) is 0 Å². The molecule has 0 aromatic heterocycles. The number of carbonyl (C=O) groups is 2. The number of nitrogens with one attached hydrogen (secondary N) is 1. The van der Waals surface area contributed by atoms with Crippen LogP contribution in [0.25, 0.3) is 0 Å². The molecule has 24 heavy (non-hydrogen) atoms. The Balaban J connectivity index is 2.10. The van der Waals surface area contributed by atoms with Gasteiger partial charge >= 0.3 is 5.97 Å². The summed E-state index contributed by atoms with van der Waals surface area (Å²) in [5, 5.41) is 12.3. The SMILES string of the molecule is CCC(Sc1ccc(Cl)cc1)C(=O)Nc1ccc(Cl)c(C(=O)O)c1. The van der Waals surface area contributed by atoms with Gasteiger partial charge in [-0.3, -0.25) is 4.79 Å². The first-order valence-electron chi connectivity index (χ1n) is 7.16.